The van der Waals surface area contributed by atoms with Crippen molar-refractivity contribution in [2.45, 2.75) is 24.2 Å². The maximum atomic E-state index is 5.19. The Balaban J connectivity index is 2.58. The molecule has 1 aromatic carbocycles. The molecule has 0 aliphatic heterocycles. The number of rotatable bonds is 6. The predicted molar refractivity (Wildman–Crippen MR) is 69.1 cm³/mol. The molecule has 1 N–H and O–H groups in total. The number of benzene rings is 1. The van der Waals surface area contributed by atoms with Crippen LogP contribution in [0.1, 0.15) is 6.92 Å². The topological polar surface area (TPSA) is 30.5 Å². The van der Waals surface area contributed by atoms with Gasteiger partial charge in [0.1, 0.15) is 0 Å². The second kappa shape index (κ2) is 6.78. The minimum absolute atomic E-state index is 0.107. The third-order valence-electron chi connectivity index (χ3n) is 2.36. The van der Waals surface area contributed by atoms with Crippen molar-refractivity contribution in [3.05, 3.63) is 24.3 Å². The minimum atomic E-state index is -0.236. The first-order valence-electron chi connectivity index (χ1n) is 5.17. The van der Waals surface area contributed by atoms with E-state index in [2.05, 4.69) is 35.8 Å². The Kier molecular flexibility index (Phi) is 5.66. The highest BCUT2D eigenvalue weighted by Gasteiger charge is 2.14. The molecule has 4 heteroatoms. The number of anilines is 1. The van der Waals surface area contributed by atoms with Crippen molar-refractivity contribution in [2.75, 3.05) is 25.8 Å². The van der Waals surface area contributed by atoms with Crippen LogP contribution >= 0.6 is 11.8 Å². The van der Waals surface area contributed by atoms with E-state index in [0.29, 0.717) is 0 Å². The second-order valence-corrected chi connectivity index (χ2v) is 4.38. The molecule has 0 heterocycles. The molecule has 0 bridgehead atoms. The SMILES string of the molecule is COC(OC)C(C)Nc1ccc(SC)cc1. The van der Waals surface area contributed by atoms with E-state index in [1.165, 1.54) is 4.90 Å². The summed E-state index contributed by atoms with van der Waals surface area (Å²) in [5.74, 6) is 0. The van der Waals surface area contributed by atoms with Gasteiger partial charge in [-0.1, -0.05) is 0 Å². The highest BCUT2D eigenvalue weighted by molar-refractivity contribution is 7.98. The molecule has 1 atom stereocenters. The molecule has 0 fully saturated rings. The van der Waals surface area contributed by atoms with Crippen LogP contribution in [0.2, 0.25) is 0 Å². The van der Waals surface area contributed by atoms with Crippen molar-refractivity contribution in [3.63, 3.8) is 0 Å². The summed E-state index contributed by atoms with van der Waals surface area (Å²) in [5.41, 5.74) is 1.07. The third-order valence-corrected chi connectivity index (χ3v) is 3.10. The predicted octanol–water partition coefficient (Wildman–Crippen LogP) is 2.83. The lowest BCUT2D eigenvalue weighted by atomic mass is 10.2. The molecule has 0 saturated carbocycles. The van der Waals surface area contributed by atoms with Crippen LogP contribution < -0.4 is 5.32 Å². The molecule has 0 spiro atoms. The largest absolute Gasteiger partial charge is 0.377 e. The minimum Gasteiger partial charge on any atom is -0.377 e. The van der Waals surface area contributed by atoms with Gasteiger partial charge in [-0.05, 0) is 37.4 Å². The Morgan fingerprint density at radius 2 is 1.69 bits per heavy atom. The number of thioether (sulfide) groups is 1. The summed E-state index contributed by atoms with van der Waals surface area (Å²) in [6.45, 7) is 2.03. The van der Waals surface area contributed by atoms with Crippen LogP contribution in [0.5, 0.6) is 0 Å². The molecule has 0 radical (unpaired) electrons. The summed E-state index contributed by atoms with van der Waals surface area (Å²) in [5, 5.41) is 3.34. The Bertz CT molecular complexity index is 298. The number of hydrogen-bond acceptors (Lipinski definition) is 4. The summed E-state index contributed by atoms with van der Waals surface area (Å²) < 4.78 is 10.4. The molecular weight excluding hydrogens is 222 g/mol. The summed E-state index contributed by atoms with van der Waals surface area (Å²) in [6, 6.07) is 8.41. The Morgan fingerprint density at radius 1 is 1.12 bits per heavy atom. The van der Waals surface area contributed by atoms with Gasteiger partial charge in [0.2, 0.25) is 0 Å². The quantitative estimate of drug-likeness (QED) is 0.613. The van der Waals surface area contributed by atoms with Gasteiger partial charge >= 0.3 is 0 Å². The van der Waals surface area contributed by atoms with Gasteiger partial charge in [0.15, 0.2) is 6.29 Å². The van der Waals surface area contributed by atoms with Crippen LogP contribution in [0.25, 0.3) is 0 Å². The lowest BCUT2D eigenvalue weighted by Gasteiger charge is -2.23. The standard InChI is InChI=1S/C12H19NO2S/c1-9(12(14-2)15-3)13-10-5-7-11(16-4)8-6-10/h5-9,12-13H,1-4H3. The zero-order valence-corrected chi connectivity index (χ0v) is 11.0. The summed E-state index contributed by atoms with van der Waals surface area (Å²) in [6.07, 6.45) is 1.83. The number of nitrogens with one attached hydrogen (secondary N) is 1. The Hall–Kier alpha value is -0.710. The van der Waals surface area contributed by atoms with E-state index in [9.17, 15) is 0 Å². The van der Waals surface area contributed by atoms with E-state index in [0.717, 1.165) is 5.69 Å². The van der Waals surface area contributed by atoms with E-state index < -0.39 is 0 Å². The first-order valence-corrected chi connectivity index (χ1v) is 6.40. The number of ether oxygens (including phenoxy) is 2. The third kappa shape index (κ3) is 3.70. The van der Waals surface area contributed by atoms with E-state index in [1.54, 1.807) is 26.0 Å². The van der Waals surface area contributed by atoms with Crippen molar-refractivity contribution in [1.29, 1.82) is 0 Å². The van der Waals surface area contributed by atoms with Gasteiger partial charge in [0.25, 0.3) is 0 Å². The molecule has 0 aromatic heterocycles. The van der Waals surface area contributed by atoms with Gasteiger partial charge in [-0.3, -0.25) is 0 Å². The van der Waals surface area contributed by atoms with Crippen molar-refractivity contribution < 1.29 is 9.47 Å². The first-order chi connectivity index (χ1) is 7.71. The maximum Gasteiger partial charge on any atom is 0.176 e. The van der Waals surface area contributed by atoms with Crippen LogP contribution in [0.3, 0.4) is 0 Å². The normalized spacial score (nSPS) is 12.8. The van der Waals surface area contributed by atoms with Crippen LogP contribution in [-0.2, 0) is 9.47 Å². The van der Waals surface area contributed by atoms with Crippen LogP contribution in [0.15, 0.2) is 29.2 Å². The molecule has 0 aliphatic rings. The van der Waals surface area contributed by atoms with Crippen molar-refractivity contribution in [3.8, 4) is 0 Å². The molecule has 0 saturated heterocycles. The summed E-state index contributed by atoms with van der Waals surface area (Å²) >= 11 is 1.73. The monoisotopic (exact) mass is 241 g/mol. The van der Waals surface area contributed by atoms with E-state index in [1.807, 2.05) is 6.92 Å². The Morgan fingerprint density at radius 3 is 2.12 bits per heavy atom. The summed E-state index contributed by atoms with van der Waals surface area (Å²) in [7, 11) is 3.28. The molecule has 90 valence electrons. The van der Waals surface area contributed by atoms with Crippen molar-refractivity contribution in [1.82, 2.24) is 0 Å². The zero-order valence-electron chi connectivity index (χ0n) is 10.2. The fourth-order valence-corrected chi connectivity index (χ4v) is 1.93. The van der Waals surface area contributed by atoms with Crippen LogP contribution in [-0.4, -0.2) is 32.8 Å². The number of methoxy groups -OCH3 is 2. The van der Waals surface area contributed by atoms with E-state index in [4.69, 9.17) is 9.47 Å². The highest BCUT2D eigenvalue weighted by Crippen LogP contribution is 2.18. The van der Waals surface area contributed by atoms with Crippen LogP contribution in [0.4, 0.5) is 5.69 Å². The maximum absolute atomic E-state index is 5.19. The summed E-state index contributed by atoms with van der Waals surface area (Å²) in [4.78, 5) is 1.26. The van der Waals surface area contributed by atoms with E-state index >= 15 is 0 Å². The molecule has 1 aromatic rings. The molecule has 1 unspecified atom stereocenters. The second-order valence-electron chi connectivity index (χ2n) is 3.50. The average Bonchev–Trinajstić information content (AvgIpc) is 2.31. The fraction of sp³-hybridized carbons (Fsp3) is 0.500. The number of hydrogen-bond donors (Lipinski definition) is 1. The lowest BCUT2D eigenvalue weighted by Crippen LogP contribution is -2.33. The van der Waals surface area contributed by atoms with Crippen molar-refractivity contribution in [2.24, 2.45) is 0 Å². The van der Waals surface area contributed by atoms with Gasteiger partial charge in [-0.15, -0.1) is 11.8 Å². The van der Waals surface area contributed by atoms with Gasteiger partial charge in [0, 0.05) is 24.8 Å². The molecule has 16 heavy (non-hydrogen) atoms. The molecule has 0 aliphatic carbocycles. The fourth-order valence-electron chi connectivity index (χ4n) is 1.52. The van der Waals surface area contributed by atoms with Crippen molar-refractivity contribution >= 4 is 17.4 Å². The van der Waals surface area contributed by atoms with Gasteiger partial charge in [0.05, 0.1) is 6.04 Å². The molecule has 1 rings (SSSR count). The lowest BCUT2D eigenvalue weighted by molar-refractivity contribution is -0.109. The zero-order chi connectivity index (χ0) is 12.0. The highest BCUT2D eigenvalue weighted by atomic mass is 32.2. The van der Waals surface area contributed by atoms with Gasteiger partial charge in [-0.2, -0.15) is 0 Å². The van der Waals surface area contributed by atoms with Gasteiger partial charge in [-0.25, -0.2) is 0 Å². The van der Waals surface area contributed by atoms with Crippen LogP contribution in [0, 0.1) is 0 Å². The first kappa shape index (κ1) is 13.4. The van der Waals surface area contributed by atoms with Gasteiger partial charge < -0.3 is 14.8 Å². The molecular formula is C12H19NO2S. The molecule has 3 nitrogen and oxygen atoms in total. The smallest absolute Gasteiger partial charge is 0.176 e. The van der Waals surface area contributed by atoms with E-state index in [-0.39, 0.29) is 12.3 Å². The average molecular weight is 241 g/mol. The Labute approximate surface area is 102 Å². The molecule has 0 amide bonds.